The fourth-order valence-corrected chi connectivity index (χ4v) is 3.39. The predicted octanol–water partition coefficient (Wildman–Crippen LogP) is 3.87. The van der Waals surface area contributed by atoms with E-state index >= 15 is 0 Å². The molecule has 1 unspecified atom stereocenters. The van der Waals surface area contributed by atoms with Crippen LogP contribution in [0.5, 0.6) is 0 Å². The Morgan fingerprint density at radius 1 is 1.41 bits per heavy atom. The van der Waals surface area contributed by atoms with Gasteiger partial charge in [-0.25, -0.2) is 0 Å². The normalized spacial score (nSPS) is 12.8. The minimum Gasteiger partial charge on any atom is -0.469 e. The smallest absolute Gasteiger partial charge is 0.103 e. The molecule has 17 heavy (non-hydrogen) atoms. The second-order valence-electron chi connectivity index (χ2n) is 4.01. The molecule has 2 rings (SSSR count). The van der Waals surface area contributed by atoms with Crippen LogP contribution in [0, 0.1) is 0 Å². The van der Waals surface area contributed by atoms with Crippen LogP contribution >= 0.6 is 27.3 Å². The van der Waals surface area contributed by atoms with Crippen molar-refractivity contribution in [2.75, 3.05) is 7.05 Å². The van der Waals surface area contributed by atoms with Crippen molar-refractivity contribution in [2.45, 2.75) is 25.3 Å². The minimum absolute atomic E-state index is 0.505. The first-order chi connectivity index (χ1) is 8.28. The van der Waals surface area contributed by atoms with Gasteiger partial charge < -0.3 is 9.73 Å². The third-order valence-electron chi connectivity index (χ3n) is 2.80. The molecule has 2 heterocycles. The first-order valence-electron chi connectivity index (χ1n) is 5.72. The van der Waals surface area contributed by atoms with Gasteiger partial charge in [0, 0.05) is 17.3 Å². The summed E-state index contributed by atoms with van der Waals surface area (Å²) in [5.41, 5.74) is 0. The number of aryl methyl sites for hydroxylation is 1. The second kappa shape index (κ2) is 6.38. The molecule has 2 nitrogen and oxygen atoms in total. The van der Waals surface area contributed by atoms with Crippen LogP contribution in [0.1, 0.15) is 17.1 Å². The standard InChI is InChI=1S/C13H16BrNOS/c1-15-10(4-5-11-3-2-8-16-11)9-12-6-7-13(14)17-12/h2-3,6-8,10,15H,4-5,9H2,1H3. The van der Waals surface area contributed by atoms with Gasteiger partial charge in [0.05, 0.1) is 10.0 Å². The predicted molar refractivity (Wildman–Crippen MR) is 75.6 cm³/mol. The summed E-state index contributed by atoms with van der Waals surface area (Å²) in [5.74, 6) is 1.07. The van der Waals surface area contributed by atoms with Crippen LogP contribution < -0.4 is 5.32 Å². The van der Waals surface area contributed by atoms with E-state index in [-0.39, 0.29) is 0 Å². The Morgan fingerprint density at radius 2 is 2.29 bits per heavy atom. The highest BCUT2D eigenvalue weighted by Crippen LogP contribution is 2.23. The van der Waals surface area contributed by atoms with Crippen molar-refractivity contribution in [1.29, 1.82) is 0 Å². The second-order valence-corrected chi connectivity index (χ2v) is 6.56. The van der Waals surface area contributed by atoms with Gasteiger partial charge in [0.1, 0.15) is 5.76 Å². The molecule has 0 fully saturated rings. The first kappa shape index (κ1) is 12.9. The molecule has 2 aromatic heterocycles. The summed E-state index contributed by atoms with van der Waals surface area (Å²) in [7, 11) is 2.02. The number of nitrogens with one attached hydrogen (secondary N) is 1. The summed E-state index contributed by atoms with van der Waals surface area (Å²) in [4.78, 5) is 1.41. The highest BCUT2D eigenvalue weighted by atomic mass is 79.9. The maximum Gasteiger partial charge on any atom is 0.103 e. The quantitative estimate of drug-likeness (QED) is 0.876. The fraction of sp³-hybridized carbons (Fsp3) is 0.385. The van der Waals surface area contributed by atoms with E-state index in [0.717, 1.165) is 25.0 Å². The van der Waals surface area contributed by atoms with E-state index in [1.165, 1.54) is 8.66 Å². The molecule has 0 amide bonds. The monoisotopic (exact) mass is 313 g/mol. The lowest BCUT2D eigenvalue weighted by Crippen LogP contribution is -2.27. The summed E-state index contributed by atoms with van der Waals surface area (Å²) >= 11 is 5.31. The van der Waals surface area contributed by atoms with Crippen molar-refractivity contribution in [3.63, 3.8) is 0 Å². The molecule has 1 N–H and O–H groups in total. The third kappa shape index (κ3) is 3.98. The zero-order chi connectivity index (χ0) is 12.1. The fourth-order valence-electron chi connectivity index (χ4n) is 1.82. The van der Waals surface area contributed by atoms with Crippen LogP contribution in [0.15, 0.2) is 38.7 Å². The molecule has 0 saturated heterocycles. The molecule has 0 aliphatic heterocycles. The maximum atomic E-state index is 5.35. The largest absolute Gasteiger partial charge is 0.469 e. The topological polar surface area (TPSA) is 25.2 Å². The van der Waals surface area contributed by atoms with Crippen LogP contribution in [0.3, 0.4) is 0 Å². The van der Waals surface area contributed by atoms with Crippen LogP contribution in [0.25, 0.3) is 0 Å². The number of furan rings is 1. The summed E-state index contributed by atoms with van der Waals surface area (Å²) in [6.45, 7) is 0. The van der Waals surface area contributed by atoms with Gasteiger partial charge in [-0.15, -0.1) is 11.3 Å². The molecule has 0 spiro atoms. The van der Waals surface area contributed by atoms with E-state index in [4.69, 9.17) is 4.42 Å². The Hall–Kier alpha value is -0.580. The van der Waals surface area contributed by atoms with E-state index in [1.807, 2.05) is 30.5 Å². The Balaban J connectivity index is 1.84. The number of thiophene rings is 1. The van der Waals surface area contributed by atoms with Gasteiger partial charge in [0.2, 0.25) is 0 Å². The summed E-state index contributed by atoms with van der Waals surface area (Å²) in [6.07, 6.45) is 4.90. The zero-order valence-corrected chi connectivity index (χ0v) is 12.2. The average molecular weight is 314 g/mol. The molecule has 0 saturated carbocycles. The zero-order valence-electron chi connectivity index (χ0n) is 9.78. The lowest BCUT2D eigenvalue weighted by atomic mass is 10.1. The number of rotatable bonds is 6. The van der Waals surface area contributed by atoms with Gasteiger partial charge in [-0.1, -0.05) is 0 Å². The van der Waals surface area contributed by atoms with Gasteiger partial charge in [-0.2, -0.15) is 0 Å². The van der Waals surface area contributed by atoms with Crippen molar-refractivity contribution < 1.29 is 4.42 Å². The lowest BCUT2D eigenvalue weighted by Gasteiger charge is -2.14. The van der Waals surface area contributed by atoms with E-state index in [1.54, 1.807) is 6.26 Å². The molecule has 0 aliphatic rings. The van der Waals surface area contributed by atoms with E-state index in [0.29, 0.717) is 6.04 Å². The number of hydrogen-bond acceptors (Lipinski definition) is 3. The Bertz CT molecular complexity index is 438. The average Bonchev–Trinajstić information content (AvgIpc) is 2.96. The van der Waals surface area contributed by atoms with Crippen molar-refractivity contribution in [3.8, 4) is 0 Å². The molecule has 0 aromatic carbocycles. The Morgan fingerprint density at radius 3 is 2.88 bits per heavy atom. The molecule has 0 aliphatic carbocycles. The highest BCUT2D eigenvalue weighted by molar-refractivity contribution is 9.11. The maximum absolute atomic E-state index is 5.35. The minimum atomic E-state index is 0.505. The number of halogens is 1. The molecule has 2 aromatic rings. The van der Waals surface area contributed by atoms with E-state index in [9.17, 15) is 0 Å². The number of likely N-dealkylation sites (N-methyl/N-ethyl adjacent to an activating group) is 1. The summed E-state index contributed by atoms with van der Waals surface area (Å²) < 4.78 is 6.55. The molecule has 4 heteroatoms. The van der Waals surface area contributed by atoms with Crippen LogP contribution in [0.4, 0.5) is 0 Å². The summed E-state index contributed by atoms with van der Waals surface area (Å²) in [5, 5.41) is 3.37. The van der Waals surface area contributed by atoms with Gasteiger partial charge in [0.15, 0.2) is 0 Å². The summed E-state index contributed by atoms with van der Waals surface area (Å²) in [6, 6.07) is 8.78. The van der Waals surface area contributed by atoms with Gasteiger partial charge in [-0.3, -0.25) is 0 Å². The number of hydrogen-bond donors (Lipinski definition) is 1. The SMILES string of the molecule is CNC(CCc1ccco1)Cc1ccc(Br)s1. The van der Waals surface area contributed by atoms with Crippen LogP contribution in [-0.2, 0) is 12.8 Å². The van der Waals surface area contributed by atoms with Crippen molar-refractivity contribution >= 4 is 27.3 Å². The van der Waals surface area contributed by atoms with E-state index in [2.05, 4.69) is 33.4 Å². The van der Waals surface area contributed by atoms with Gasteiger partial charge in [-0.05, 0) is 60.1 Å². The molecular formula is C13H16BrNOS. The van der Waals surface area contributed by atoms with Crippen LogP contribution in [0.2, 0.25) is 0 Å². The molecular weight excluding hydrogens is 298 g/mol. The molecule has 92 valence electrons. The van der Waals surface area contributed by atoms with Gasteiger partial charge >= 0.3 is 0 Å². The third-order valence-corrected chi connectivity index (χ3v) is 4.45. The Kier molecular flexibility index (Phi) is 4.83. The van der Waals surface area contributed by atoms with E-state index < -0.39 is 0 Å². The van der Waals surface area contributed by atoms with Crippen molar-refractivity contribution in [2.24, 2.45) is 0 Å². The Labute approximate surface area is 114 Å². The lowest BCUT2D eigenvalue weighted by molar-refractivity contribution is 0.461. The molecule has 1 atom stereocenters. The van der Waals surface area contributed by atoms with Crippen LogP contribution in [-0.4, -0.2) is 13.1 Å². The molecule has 0 bridgehead atoms. The molecule has 0 radical (unpaired) electrons. The van der Waals surface area contributed by atoms with Gasteiger partial charge in [0.25, 0.3) is 0 Å². The van der Waals surface area contributed by atoms with Crippen molar-refractivity contribution in [3.05, 3.63) is 45.0 Å². The highest BCUT2D eigenvalue weighted by Gasteiger charge is 2.10. The van der Waals surface area contributed by atoms with Crippen molar-refractivity contribution in [1.82, 2.24) is 5.32 Å². The first-order valence-corrected chi connectivity index (χ1v) is 7.32.